The van der Waals surface area contributed by atoms with Crippen LogP contribution >= 0.6 is 0 Å². The van der Waals surface area contributed by atoms with Crippen LogP contribution in [0.2, 0.25) is 0 Å². The van der Waals surface area contributed by atoms with Gasteiger partial charge in [0.15, 0.2) is 0 Å². The molecule has 1 saturated carbocycles. The van der Waals surface area contributed by atoms with Crippen molar-refractivity contribution in [1.82, 2.24) is 10.3 Å². The third-order valence-electron chi connectivity index (χ3n) is 2.95. The molecule has 1 aromatic heterocycles. The van der Waals surface area contributed by atoms with E-state index in [4.69, 9.17) is 5.73 Å². The van der Waals surface area contributed by atoms with E-state index in [-0.39, 0.29) is 11.9 Å². The first-order chi connectivity index (χ1) is 7.68. The van der Waals surface area contributed by atoms with E-state index in [2.05, 4.69) is 10.3 Å². The molecule has 0 radical (unpaired) electrons. The average molecular weight is 219 g/mol. The number of nitrogens with one attached hydrogen (secondary N) is 1. The van der Waals surface area contributed by atoms with Gasteiger partial charge in [-0.05, 0) is 37.3 Å². The molecule has 86 valence electrons. The second-order valence-electron chi connectivity index (χ2n) is 4.38. The molecule has 0 saturated heterocycles. The highest BCUT2D eigenvalue weighted by Crippen LogP contribution is 2.31. The van der Waals surface area contributed by atoms with Crippen molar-refractivity contribution in [2.45, 2.75) is 25.8 Å². The standard InChI is InChI=1S/C12H17N3O/c1-8-3-2-6-14-11(8)12(16)15-7-10(13)9-4-5-9/h2-3,6,9-10H,4-5,7,13H2,1H3,(H,15,16). The zero-order chi connectivity index (χ0) is 11.5. The van der Waals surface area contributed by atoms with Gasteiger partial charge in [-0.2, -0.15) is 0 Å². The molecule has 1 amide bonds. The van der Waals surface area contributed by atoms with Crippen LogP contribution in [0.3, 0.4) is 0 Å². The Balaban J connectivity index is 1.90. The van der Waals surface area contributed by atoms with Crippen LogP contribution in [0.15, 0.2) is 18.3 Å². The lowest BCUT2D eigenvalue weighted by atomic mass is 10.2. The highest BCUT2D eigenvalue weighted by atomic mass is 16.1. The van der Waals surface area contributed by atoms with E-state index in [0.717, 1.165) is 5.56 Å². The van der Waals surface area contributed by atoms with Crippen LogP contribution in [0.4, 0.5) is 0 Å². The molecule has 1 fully saturated rings. The lowest BCUT2D eigenvalue weighted by Crippen LogP contribution is -2.39. The Hall–Kier alpha value is -1.42. The van der Waals surface area contributed by atoms with Gasteiger partial charge < -0.3 is 11.1 Å². The topological polar surface area (TPSA) is 68.0 Å². The molecule has 4 heteroatoms. The number of carbonyl (C=O) groups is 1. The number of nitrogens with two attached hydrogens (primary N) is 1. The molecule has 0 aliphatic heterocycles. The summed E-state index contributed by atoms with van der Waals surface area (Å²) < 4.78 is 0. The lowest BCUT2D eigenvalue weighted by Gasteiger charge is -2.11. The number of pyridine rings is 1. The summed E-state index contributed by atoms with van der Waals surface area (Å²) in [6.07, 6.45) is 4.02. The number of hydrogen-bond donors (Lipinski definition) is 2. The van der Waals surface area contributed by atoms with Gasteiger partial charge in [-0.1, -0.05) is 6.07 Å². The smallest absolute Gasteiger partial charge is 0.270 e. The zero-order valence-corrected chi connectivity index (χ0v) is 9.44. The van der Waals surface area contributed by atoms with Crippen molar-refractivity contribution in [3.8, 4) is 0 Å². The first kappa shape index (κ1) is 11.1. The Labute approximate surface area is 95.3 Å². The predicted molar refractivity (Wildman–Crippen MR) is 62.0 cm³/mol. The zero-order valence-electron chi connectivity index (χ0n) is 9.44. The van der Waals surface area contributed by atoms with Crippen molar-refractivity contribution < 1.29 is 4.79 Å². The summed E-state index contributed by atoms with van der Waals surface area (Å²) in [5, 5.41) is 2.83. The first-order valence-corrected chi connectivity index (χ1v) is 5.64. The van der Waals surface area contributed by atoms with E-state index in [9.17, 15) is 4.79 Å². The Bertz CT molecular complexity index is 388. The largest absolute Gasteiger partial charge is 0.349 e. The van der Waals surface area contributed by atoms with Crippen LogP contribution in [-0.2, 0) is 0 Å². The molecule has 1 heterocycles. The van der Waals surface area contributed by atoms with Crippen molar-refractivity contribution in [3.05, 3.63) is 29.6 Å². The first-order valence-electron chi connectivity index (χ1n) is 5.64. The molecule has 16 heavy (non-hydrogen) atoms. The van der Waals surface area contributed by atoms with Gasteiger partial charge in [-0.3, -0.25) is 9.78 Å². The fourth-order valence-electron chi connectivity index (χ4n) is 1.71. The number of hydrogen-bond acceptors (Lipinski definition) is 3. The summed E-state index contributed by atoms with van der Waals surface area (Å²) >= 11 is 0. The summed E-state index contributed by atoms with van der Waals surface area (Å²) in [6.45, 7) is 2.42. The summed E-state index contributed by atoms with van der Waals surface area (Å²) in [7, 11) is 0. The fourth-order valence-corrected chi connectivity index (χ4v) is 1.71. The molecule has 0 spiro atoms. The molecule has 1 unspecified atom stereocenters. The van der Waals surface area contributed by atoms with Crippen molar-refractivity contribution in [2.75, 3.05) is 6.54 Å². The van der Waals surface area contributed by atoms with Crippen LogP contribution in [0.25, 0.3) is 0 Å². The van der Waals surface area contributed by atoms with Crippen LogP contribution in [0.5, 0.6) is 0 Å². The van der Waals surface area contributed by atoms with Gasteiger partial charge in [0.2, 0.25) is 0 Å². The second-order valence-corrected chi connectivity index (χ2v) is 4.38. The Morgan fingerprint density at radius 3 is 3.06 bits per heavy atom. The molecule has 1 aliphatic carbocycles. The molecule has 3 N–H and O–H groups in total. The minimum absolute atomic E-state index is 0.0907. The van der Waals surface area contributed by atoms with Gasteiger partial charge in [-0.15, -0.1) is 0 Å². The lowest BCUT2D eigenvalue weighted by molar-refractivity contribution is 0.0944. The predicted octanol–water partition coefficient (Wildman–Crippen LogP) is 0.857. The third-order valence-corrected chi connectivity index (χ3v) is 2.95. The maximum atomic E-state index is 11.8. The summed E-state index contributed by atoms with van der Waals surface area (Å²) in [6, 6.07) is 3.79. The number of aromatic nitrogens is 1. The van der Waals surface area contributed by atoms with E-state index < -0.39 is 0 Å². The van der Waals surface area contributed by atoms with Crippen molar-refractivity contribution in [1.29, 1.82) is 0 Å². The average Bonchev–Trinajstić information content (AvgIpc) is 3.10. The highest BCUT2D eigenvalue weighted by Gasteiger charge is 2.28. The minimum atomic E-state index is -0.130. The van der Waals surface area contributed by atoms with Crippen LogP contribution in [0, 0.1) is 12.8 Å². The van der Waals surface area contributed by atoms with E-state index >= 15 is 0 Å². The maximum Gasteiger partial charge on any atom is 0.270 e. The fraction of sp³-hybridized carbons (Fsp3) is 0.500. The molecule has 2 rings (SSSR count). The number of rotatable bonds is 4. The maximum absolute atomic E-state index is 11.8. The van der Waals surface area contributed by atoms with Gasteiger partial charge in [0.25, 0.3) is 5.91 Å². The van der Waals surface area contributed by atoms with E-state index in [1.165, 1.54) is 12.8 Å². The SMILES string of the molecule is Cc1cccnc1C(=O)NCC(N)C1CC1. The monoisotopic (exact) mass is 219 g/mol. The van der Waals surface area contributed by atoms with Crippen LogP contribution < -0.4 is 11.1 Å². The Morgan fingerprint density at radius 2 is 2.44 bits per heavy atom. The van der Waals surface area contributed by atoms with Crippen LogP contribution in [0.1, 0.15) is 28.9 Å². The molecular weight excluding hydrogens is 202 g/mol. The third kappa shape index (κ3) is 2.58. The van der Waals surface area contributed by atoms with E-state index in [1.807, 2.05) is 19.1 Å². The molecule has 0 bridgehead atoms. The van der Waals surface area contributed by atoms with Gasteiger partial charge in [0, 0.05) is 18.8 Å². The van der Waals surface area contributed by atoms with Crippen LogP contribution in [-0.4, -0.2) is 23.5 Å². The van der Waals surface area contributed by atoms with Gasteiger partial charge in [-0.25, -0.2) is 0 Å². The number of amides is 1. The molecule has 1 atom stereocenters. The van der Waals surface area contributed by atoms with Gasteiger partial charge >= 0.3 is 0 Å². The molecule has 0 aromatic carbocycles. The highest BCUT2D eigenvalue weighted by molar-refractivity contribution is 5.93. The van der Waals surface area contributed by atoms with Gasteiger partial charge in [0.1, 0.15) is 5.69 Å². The quantitative estimate of drug-likeness (QED) is 0.789. The molecule has 4 nitrogen and oxygen atoms in total. The summed E-state index contributed by atoms with van der Waals surface area (Å²) in [4.78, 5) is 15.8. The van der Waals surface area contributed by atoms with Gasteiger partial charge in [0.05, 0.1) is 0 Å². The van der Waals surface area contributed by atoms with Crippen molar-refractivity contribution in [3.63, 3.8) is 0 Å². The Morgan fingerprint density at radius 1 is 1.69 bits per heavy atom. The molecule has 1 aromatic rings. The minimum Gasteiger partial charge on any atom is -0.349 e. The van der Waals surface area contributed by atoms with Crippen molar-refractivity contribution in [2.24, 2.45) is 11.7 Å². The molecular formula is C12H17N3O. The number of carbonyl (C=O) groups excluding carboxylic acids is 1. The second kappa shape index (κ2) is 4.61. The van der Waals surface area contributed by atoms with E-state index in [1.54, 1.807) is 6.20 Å². The number of nitrogens with zero attached hydrogens (tertiary/aromatic N) is 1. The summed E-state index contributed by atoms with van der Waals surface area (Å²) in [5.41, 5.74) is 7.29. The molecule has 1 aliphatic rings. The Kier molecular flexibility index (Phi) is 3.19. The van der Waals surface area contributed by atoms with Crippen molar-refractivity contribution >= 4 is 5.91 Å². The number of aryl methyl sites for hydroxylation is 1. The summed E-state index contributed by atoms with van der Waals surface area (Å²) in [5.74, 6) is 0.472. The van der Waals surface area contributed by atoms with E-state index in [0.29, 0.717) is 18.2 Å². The normalized spacial score (nSPS) is 16.9.